The van der Waals surface area contributed by atoms with E-state index in [1.165, 1.54) is 0 Å². The van der Waals surface area contributed by atoms with Crippen LogP contribution in [0.2, 0.25) is 0 Å². The van der Waals surface area contributed by atoms with Crippen LogP contribution in [-0.2, 0) is 17.7 Å². The number of likely N-dealkylation sites (tertiary alicyclic amines) is 1. The summed E-state index contributed by atoms with van der Waals surface area (Å²) in [7, 11) is 1.63. The van der Waals surface area contributed by atoms with Crippen LogP contribution < -0.4 is 10.3 Å². The lowest BCUT2D eigenvalue weighted by Gasteiger charge is -2.34. The van der Waals surface area contributed by atoms with Crippen molar-refractivity contribution in [3.05, 3.63) is 57.5 Å². The topological polar surface area (TPSA) is 73.7 Å². The van der Waals surface area contributed by atoms with E-state index in [2.05, 4.69) is 0 Å². The number of aromatic nitrogens is 2. The van der Waals surface area contributed by atoms with Crippen molar-refractivity contribution in [1.29, 1.82) is 0 Å². The Hall–Kier alpha value is -2.83. The van der Waals surface area contributed by atoms with E-state index < -0.39 is 5.60 Å². The third-order valence-corrected chi connectivity index (χ3v) is 5.43. The maximum atomic E-state index is 12.9. The Morgan fingerprint density at radius 1 is 1.23 bits per heavy atom. The van der Waals surface area contributed by atoms with Gasteiger partial charge in [0.25, 0.3) is 5.56 Å². The van der Waals surface area contributed by atoms with Gasteiger partial charge in [-0.1, -0.05) is 19.1 Å². The summed E-state index contributed by atoms with van der Waals surface area (Å²) in [5.74, 6) is 0.853. The zero-order chi connectivity index (χ0) is 22.6. The van der Waals surface area contributed by atoms with Gasteiger partial charge in [0.15, 0.2) is 0 Å². The molecule has 1 aromatic carbocycles. The second-order valence-electron chi connectivity index (χ2n) is 9.02. The quantitative estimate of drug-likeness (QED) is 0.722. The standard InChI is InChI=1S/C24H33N3O4/c1-6-18-14-21(19-8-7-13-26(16-19)23(29)31-24(2,3)4)25-27(22(18)28)15-17-9-11-20(30-5)12-10-17/h9-12,14,19H,6-8,13,15-16H2,1-5H3. The Morgan fingerprint density at radius 2 is 1.94 bits per heavy atom. The molecule has 7 nitrogen and oxygen atoms in total. The first-order valence-corrected chi connectivity index (χ1v) is 10.9. The number of rotatable bonds is 5. The molecule has 1 aromatic heterocycles. The van der Waals surface area contributed by atoms with Gasteiger partial charge in [-0.2, -0.15) is 5.10 Å². The molecule has 0 saturated carbocycles. The Morgan fingerprint density at radius 3 is 2.55 bits per heavy atom. The maximum Gasteiger partial charge on any atom is 0.410 e. The number of hydrogen-bond donors (Lipinski definition) is 0. The van der Waals surface area contributed by atoms with Gasteiger partial charge in [-0.25, -0.2) is 9.48 Å². The van der Waals surface area contributed by atoms with Crippen LogP contribution >= 0.6 is 0 Å². The van der Waals surface area contributed by atoms with Gasteiger partial charge in [0.05, 0.1) is 19.3 Å². The summed E-state index contributed by atoms with van der Waals surface area (Å²) in [6, 6.07) is 9.55. The summed E-state index contributed by atoms with van der Waals surface area (Å²) in [6.07, 6.45) is 2.15. The Labute approximate surface area is 184 Å². The van der Waals surface area contributed by atoms with Gasteiger partial charge >= 0.3 is 6.09 Å². The van der Waals surface area contributed by atoms with Crippen LogP contribution in [0.3, 0.4) is 0 Å². The molecule has 1 atom stereocenters. The van der Waals surface area contributed by atoms with Crippen LogP contribution in [0.15, 0.2) is 35.1 Å². The van der Waals surface area contributed by atoms with Gasteiger partial charge in [0.2, 0.25) is 0 Å². The third kappa shape index (κ3) is 5.87. The summed E-state index contributed by atoms with van der Waals surface area (Å²) in [4.78, 5) is 27.2. The van der Waals surface area contributed by atoms with Crippen LogP contribution in [0.4, 0.5) is 4.79 Å². The molecule has 1 fully saturated rings. The molecule has 0 bridgehead atoms. The predicted molar refractivity (Wildman–Crippen MR) is 120 cm³/mol. The average Bonchev–Trinajstić information content (AvgIpc) is 2.74. The normalized spacial score (nSPS) is 16.8. The van der Waals surface area contributed by atoms with E-state index in [0.717, 1.165) is 35.4 Å². The Balaban J connectivity index is 1.84. The number of methoxy groups -OCH3 is 1. The molecule has 2 aromatic rings. The molecular formula is C24H33N3O4. The first kappa shape index (κ1) is 22.8. The maximum absolute atomic E-state index is 12.9. The second kappa shape index (κ2) is 9.54. The highest BCUT2D eigenvalue weighted by molar-refractivity contribution is 5.68. The molecule has 1 amide bonds. The summed E-state index contributed by atoms with van der Waals surface area (Å²) in [6.45, 7) is 9.21. The van der Waals surface area contributed by atoms with Crippen molar-refractivity contribution in [3.8, 4) is 5.75 Å². The molecule has 31 heavy (non-hydrogen) atoms. The highest BCUT2D eigenvalue weighted by Crippen LogP contribution is 2.27. The average molecular weight is 428 g/mol. The lowest BCUT2D eigenvalue weighted by Crippen LogP contribution is -2.42. The van der Waals surface area contributed by atoms with Gasteiger partial charge in [0.1, 0.15) is 11.4 Å². The molecule has 168 valence electrons. The van der Waals surface area contributed by atoms with E-state index in [1.54, 1.807) is 16.7 Å². The zero-order valence-electron chi connectivity index (χ0n) is 19.2. The van der Waals surface area contributed by atoms with E-state index in [4.69, 9.17) is 14.6 Å². The predicted octanol–water partition coefficient (Wildman–Crippen LogP) is 3.98. The first-order valence-electron chi connectivity index (χ1n) is 10.9. The van der Waals surface area contributed by atoms with E-state index >= 15 is 0 Å². The molecule has 0 aliphatic carbocycles. The van der Waals surface area contributed by atoms with Crippen LogP contribution in [0, 0.1) is 0 Å². The van der Waals surface area contributed by atoms with Crippen molar-refractivity contribution < 1.29 is 14.3 Å². The van der Waals surface area contributed by atoms with Gasteiger partial charge in [-0.15, -0.1) is 0 Å². The second-order valence-corrected chi connectivity index (χ2v) is 9.02. The van der Waals surface area contributed by atoms with Gasteiger partial charge in [-0.3, -0.25) is 4.79 Å². The summed E-state index contributed by atoms with van der Waals surface area (Å²) >= 11 is 0. The number of ether oxygens (including phenoxy) is 2. The van der Waals surface area contributed by atoms with Crippen LogP contribution in [0.25, 0.3) is 0 Å². The summed E-state index contributed by atoms with van der Waals surface area (Å²) < 4.78 is 12.3. The lowest BCUT2D eigenvalue weighted by atomic mass is 9.94. The number of benzene rings is 1. The van der Waals surface area contributed by atoms with Gasteiger partial charge in [-0.05, 0) is 63.8 Å². The molecule has 0 spiro atoms. The van der Waals surface area contributed by atoms with E-state index in [1.807, 2.05) is 58.0 Å². The molecule has 0 N–H and O–H groups in total. The molecular weight excluding hydrogens is 394 g/mol. The fourth-order valence-corrected chi connectivity index (χ4v) is 3.79. The zero-order valence-corrected chi connectivity index (χ0v) is 19.2. The lowest BCUT2D eigenvalue weighted by molar-refractivity contribution is 0.0196. The largest absolute Gasteiger partial charge is 0.497 e. The van der Waals surface area contributed by atoms with E-state index in [0.29, 0.717) is 26.1 Å². The molecule has 1 saturated heterocycles. The molecule has 1 unspecified atom stereocenters. The number of aryl methyl sites for hydroxylation is 1. The molecule has 3 rings (SSSR count). The van der Waals surface area contributed by atoms with Gasteiger partial charge in [0, 0.05) is 24.6 Å². The van der Waals surface area contributed by atoms with Crippen LogP contribution in [-0.4, -0.2) is 46.6 Å². The van der Waals surface area contributed by atoms with Crippen molar-refractivity contribution in [2.45, 2.75) is 65.0 Å². The molecule has 7 heteroatoms. The van der Waals surface area contributed by atoms with Crippen molar-refractivity contribution in [2.24, 2.45) is 0 Å². The highest BCUT2D eigenvalue weighted by Gasteiger charge is 2.29. The van der Waals surface area contributed by atoms with Crippen LogP contribution in [0.1, 0.15) is 63.3 Å². The first-order chi connectivity index (χ1) is 14.7. The minimum atomic E-state index is -0.525. The Kier molecular flexibility index (Phi) is 7.03. The monoisotopic (exact) mass is 427 g/mol. The smallest absolute Gasteiger partial charge is 0.410 e. The number of hydrogen-bond acceptors (Lipinski definition) is 5. The van der Waals surface area contributed by atoms with Crippen molar-refractivity contribution in [2.75, 3.05) is 20.2 Å². The minimum Gasteiger partial charge on any atom is -0.497 e. The highest BCUT2D eigenvalue weighted by atomic mass is 16.6. The van der Waals surface area contributed by atoms with Crippen molar-refractivity contribution >= 4 is 6.09 Å². The van der Waals surface area contributed by atoms with Crippen molar-refractivity contribution in [3.63, 3.8) is 0 Å². The summed E-state index contributed by atoms with van der Waals surface area (Å²) in [5, 5.41) is 4.70. The fourth-order valence-electron chi connectivity index (χ4n) is 3.79. The molecule has 1 aliphatic rings. The fraction of sp³-hybridized carbons (Fsp3) is 0.542. The number of nitrogens with zero attached hydrogens (tertiary/aromatic N) is 3. The Bertz CT molecular complexity index is 960. The molecule has 0 radical (unpaired) electrons. The van der Waals surface area contributed by atoms with Crippen LogP contribution in [0.5, 0.6) is 5.75 Å². The third-order valence-electron chi connectivity index (χ3n) is 5.43. The van der Waals surface area contributed by atoms with Crippen molar-refractivity contribution in [1.82, 2.24) is 14.7 Å². The molecule has 1 aliphatic heterocycles. The van der Waals surface area contributed by atoms with E-state index in [9.17, 15) is 9.59 Å². The SMILES string of the molecule is CCc1cc(C2CCCN(C(=O)OC(C)(C)C)C2)nn(Cc2ccc(OC)cc2)c1=O. The number of piperidine rings is 1. The number of carbonyl (C=O) groups excluding carboxylic acids is 1. The summed E-state index contributed by atoms with van der Waals surface area (Å²) in [5.41, 5.74) is 1.99. The minimum absolute atomic E-state index is 0.0677. The number of carbonyl (C=O) groups is 1. The number of amides is 1. The van der Waals surface area contributed by atoms with E-state index in [-0.39, 0.29) is 17.6 Å². The molecule has 2 heterocycles. The van der Waals surface area contributed by atoms with Gasteiger partial charge < -0.3 is 14.4 Å².